The molecule has 1 unspecified atom stereocenters. The summed E-state index contributed by atoms with van der Waals surface area (Å²) in [6.45, 7) is 4.51. The van der Waals surface area contributed by atoms with Crippen molar-refractivity contribution in [2.45, 2.75) is 19.8 Å². The number of hydrogen-bond acceptors (Lipinski definition) is 3. The van der Waals surface area contributed by atoms with E-state index in [-0.39, 0.29) is 18.4 Å². The predicted octanol–water partition coefficient (Wildman–Crippen LogP) is 2.47. The Kier molecular flexibility index (Phi) is 6.42. The Bertz CT molecular complexity index is 565. The van der Waals surface area contributed by atoms with Gasteiger partial charge in [0.15, 0.2) is 0 Å². The van der Waals surface area contributed by atoms with Crippen molar-refractivity contribution in [2.24, 2.45) is 5.92 Å². The molecule has 0 bridgehead atoms. The van der Waals surface area contributed by atoms with Gasteiger partial charge < -0.3 is 10.2 Å². The molecule has 1 N–H and O–H groups in total. The maximum atomic E-state index is 12.3. The number of carbonyl (C=O) groups is 2. The summed E-state index contributed by atoms with van der Waals surface area (Å²) < 4.78 is 0. The SMILES string of the molecule is CC1CCCN(CC(=O)N(C)CC(=O)Nc2ccccc2Cl)C1. The van der Waals surface area contributed by atoms with E-state index in [1.54, 1.807) is 31.3 Å². The molecule has 1 heterocycles. The van der Waals surface area contributed by atoms with Crippen LogP contribution in [0.2, 0.25) is 5.02 Å². The fraction of sp³-hybridized carbons (Fsp3) is 0.529. The van der Waals surface area contributed by atoms with Crippen LogP contribution in [-0.2, 0) is 9.59 Å². The molecule has 0 spiro atoms. The molecule has 126 valence electrons. The first kappa shape index (κ1) is 17.8. The summed E-state index contributed by atoms with van der Waals surface area (Å²) in [5.74, 6) is 0.347. The van der Waals surface area contributed by atoms with Gasteiger partial charge in [-0.15, -0.1) is 0 Å². The fourth-order valence-electron chi connectivity index (χ4n) is 2.80. The van der Waals surface area contributed by atoms with E-state index in [9.17, 15) is 9.59 Å². The van der Waals surface area contributed by atoms with Gasteiger partial charge in [-0.25, -0.2) is 0 Å². The molecule has 1 aromatic rings. The molecule has 0 radical (unpaired) electrons. The van der Waals surface area contributed by atoms with Gasteiger partial charge in [-0.2, -0.15) is 0 Å². The molecule has 23 heavy (non-hydrogen) atoms. The maximum Gasteiger partial charge on any atom is 0.244 e. The van der Waals surface area contributed by atoms with Crippen LogP contribution >= 0.6 is 11.6 Å². The number of halogens is 1. The van der Waals surface area contributed by atoms with Gasteiger partial charge in [-0.05, 0) is 37.4 Å². The zero-order valence-electron chi connectivity index (χ0n) is 13.7. The second-order valence-corrected chi connectivity index (χ2v) is 6.67. The summed E-state index contributed by atoms with van der Waals surface area (Å²) in [5.41, 5.74) is 0.560. The van der Waals surface area contributed by atoms with E-state index in [4.69, 9.17) is 11.6 Å². The van der Waals surface area contributed by atoms with Crippen molar-refractivity contribution in [3.8, 4) is 0 Å². The standard InChI is InChI=1S/C17H24ClN3O2/c1-13-6-5-9-21(10-13)12-17(23)20(2)11-16(22)19-15-8-4-3-7-14(15)18/h3-4,7-8,13H,5-6,9-12H2,1-2H3,(H,19,22). The number of piperidine rings is 1. The Balaban J connectivity index is 1.81. The van der Waals surface area contributed by atoms with Gasteiger partial charge in [0.25, 0.3) is 0 Å². The molecule has 2 amide bonds. The first-order valence-corrected chi connectivity index (χ1v) is 8.34. The van der Waals surface area contributed by atoms with Gasteiger partial charge in [-0.1, -0.05) is 30.7 Å². The summed E-state index contributed by atoms with van der Waals surface area (Å²) in [7, 11) is 1.65. The van der Waals surface area contributed by atoms with Crippen molar-refractivity contribution in [3.05, 3.63) is 29.3 Å². The van der Waals surface area contributed by atoms with Crippen LogP contribution in [0, 0.1) is 5.92 Å². The number of likely N-dealkylation sites (tertiary alicyclic amines) is 1. The van der Waals surface area contributed by atoms with Crippen LogP contribution in [0.1, 0.15) is 19.8 Å². The molecule has 0 aliphatic carbocycles. The third-order valence-corrected chi connectivity index (χ3v) is 4.38. The van der Waals surface area contributed by atoms with Gasteiger partial charge in [0, 0.05) is 13.6 Å². The molecule has 1 fully saturated rings. The lowest BCUT2D eigenvalue weighted by molar-refractivity contribution is -0.134. The van der Waals surface area contributed by atoms with Crippen LogP contribution in [0.5, 0.6) is 0 Å². The highest BCUT2D eigenvalue weighted by Crippen LogP contribution is 2.20. The largest absolute Gasteiger partial charge is 0.335 e. The molecule has 1 aliphatic heterocycles. The normalized spacial score (nSPS) is 18.5. The minimum atomic E-state index is -0.249. The van der Waals surface area contributed by atoms with Crippen LogP contribution < -0.4 is 5.32 Å². The number of hydrogen-bond donors (Lipinski definition) is 1. The number of carbonyl (C=O) groups excluding carboxylic acids is 2. The van der Waals surface area contributed by atoms with Crippen molar-refractivity contribution in [1.29, 1.82) is 0 Å². The molecule has 0 aromatic heterocycles. The Labute approximate surface area is 142 Å². The first-order valence-electron chi connectivity index (χ1n) is 7.96. The maximum absolute atomic E-state index is 12.3. The van der Waals surface area contributed by atoms with Gasteiger partial charge in [-0.3, -0.25) is 14.5 Å². The van der Waals surface area contributed by atoms with Crippen molar-refractivity contribution < 1.29 is 9.59 Å². The summed E-state index contributed by atoms with van der Waals surface area (Å²) >= 11 is 6.01. The van der Waals surface area contributed by atoms with E-state index in [1.807, 2.05) is 0 Å². The molecular formula is C17H24ClN3O2. The summed E-state index contributed by atoms with van der Waals surface area (Å²) in [6, 6.07) is 7.04. The Hall–Kier alpha value is -1.59. The van der Waals surface area contributed by atoms with Crippen LogP contribution in [-0.4, -0.2) is 54.8 Å². The summed E-state index contributed by atoms with van der Waals surface area (Å²) in [6.07, 6.45) is 2.35. The Morgan fingerprint density at radius 3 is 2.83 bits per heavy atom. The van der Waals surface area contributed by atoms with E-state index in [2.05, 4.69) is 17.1 Å². The molecule has 0 saturated carbocycles. The first-order chi connectivity index (χ1) is 11.0. The van der Waals surface area contributed by atoms with Gasteiger partial charge >= 0.3 is 0 Å². The smallest absolute Gasteiger partial charge is 0.244 e. The van der Waals surface area contributed by atoms with Crippen LogP contribution in [0.3, 0.4) is 0 Å². The van der Waals surface area contributed by atoms with Crippen LogP contribution in [0.4, 0.5) is 5.69 Å². The molecule has 6 heteroatoms. The molecule has 1 atom stereocenters. The Morgan fingerprint density at radius 2 is 2.13 bits per heavy atom. The topological polar surface area (TPSA) is 52.7 Å². The highest BCUT2D eigenvalue weighted by molar-refractivity contribution is 6.33. The molecule has 5 nitrogen and oxygen atoms in total. The van der Waals surface area contributed by atoms with Crippen molar-refractivity contribution >= 4 is 29.1 Å². The van der Waals surface area contributed by atoms with E-state index < -0.39 is 0 Å². The quantitative estimate of drug-likeness (QED) is 0.898. The van der Waals surface area contributed by atoms with Gasteiger partial charge in [0.2, 0.25) is 11.8 Å². The van der Waals surface area contributed by atoms with Crippen molar-refractivity contribution in [1.82, 2.24) is 9.80 Å². The second kappa shape index (κ2) is 8.31. The van der Waals surface area contributed by atoms with Crippen molar-refractivity contribution in [2.75, 3.05) is 38.5 Å². The number of para-hydroxylation sites is 1. The van der Waals surface area contributed by atoms with E-state index >= 15 is 0 Å². The van der Waals surface area contributed by atoms with Crippen LogP contribution in [0.25, 0.3) is 0 Å². The average molecular weight is 338 g/mol. The summed E-state index contributed by atoms with van der Waals surface area (Å²) in [5, 5.41) is 3.21. The van der Waals surface area contributed by atoms with E-state index in [0.717, 1.165) is 19.5 Å². The number of anilines is 1. The van der Waals surface area contributed by atoms with E-state index in [0.29, 0.717) is 23.2 Å². The molecular weight excluding hydrogens is 314 g/mol. The number of nitrogens with zero attached hydrogens (tertiary/aromatic N) is 2. The molecule has 1 saturated heterocycles. The fourth-order valence-corrected chi connectivity index (χ4v) is 2.98. The number of nitrogens with one attached hydrogen (secondary N) is 1. The highest BCUT2D eigenvalue weighted by Gasteiger charge is 2.21. The third-order valence-electron chi connectivity index (χ3n) is 4.05. The highest BCUT2D eigenvalue weighted by atomic mass is 35.5. The summed E-state index contributed by atoms with van der Waals surface area (Å²) in [4.78, 5) is 27.9. The third kappa shape index (κ3) is 5.52. The lowest BCUT2D eigenvalue weighted by atomic mass is 10.0. The molecule has 1 aliphatic rings. The van der Waals surface area contributed by atoms with Gasteiger partial charge in [0.05, 0.1) is 23.8 Å². The predicted molar refractivity (Wildman–Crippen MR) is 92.6 cm³/mol. The van der Waals surface area contributed by atoms with E-state index in [1.165, 1.54) is 11.3 Å². The zero-order chi connectivity index (χ0) is 16.8. The average Bonchev–Trinajstić information content (AvgIpc) is 2.49. The van der Waals surface area contributed by atoms with Gasteiger partial charge in [0.1, 0.15) is 0 Å². The number of likely N-dealkylation sites (N-methyl/N-ethyl adjacent to an activating group) is 1. The van der Waals surface area contributed by atoms with Crippen molar-refractivity contribution in [3.63, 3.8) is 0 Å². The number of amides is 2. The molecule has 2 rings (SSSR count). The minimum absolute atomic E-state index is 0.0213. The zero-order valence-corrected chi connectivity index (χ0v) is 14.5. The number of rotatable bonds is 5. The van der Waals surface area contributed by atoms with Crippen LogP contribution in [0.15, 0.2) is 24.3 Å². The second-order valence-electron chi connectivity index (χ2n) is 6.26. The Morgan fingerprint density at radius 1 is 1.39 bits per heavy atom. The lowest BCUT2D eigenvalue weighted by Gasteiger charge is -2.31. The lowest BCUT2D eigenvalue weighted by Crippen LogP contribution is -2.44. The monoisotopic (exact) mass is 337 g/mol. The minimum Gasteiger partial charge on any atom is -0.335 e. The molecule has 1 aromatic carbocycles. The number of benzene rings is 1.